The van der Waals surface area contributed by atoms with Gasteiger partial charge in [-0.25, -0.2) is 0 Å². The van der Waals surface area contributed by atoms with Crippen LogP contribution >= 0.6 is 12.2 Å². The zero-order valence-corrected chi connectivity index (χ0v) is 20.5. The van der Waals surface area contributed by atoms with E-state index in [9.17, 15) is 0 Å². The molecule has 0 spiro atoms. The van der Waals surface area contributed by atoms with Crippen molar-refractivity contribution in [2.75, 3.05) is 28.4 Å². The third-order valence-corrected chi connectivity index (χ3v) is 6.52. The number of methoxy groups -OCH3 is 4. The van der Waals surface area contributed by atoms with Crippen LogP contribution in [0.3, 0.4) is 0 Å². The maximum atomic E-state index is 5.61. The molecule has 0 radical (unpaired) electrons. The molecule has 0 saturated carbocycles. The molecule has 2 N–H and O–H groups in total. The fraction of sp³-hybridized carbons (Fsp3) is 0.346. The van der Waals surface area contributed by atoms with Crippen molar-refractivity contribution in [3.8, 4) is 23.0 Å². The SMILES string of the molecule is COc1ccc(/C=C2\CCC(C)C3=C2NC(=S)NC3c2ccc(OC)c(OC)c2)cc1OC. The third-order valence-electron chi connectivity index (χ3n) is 6.30. The van der Waals surface area contributed by atoms with Gasteiger partial charge in [0.2, 0.25) is 0 Å². The lowest BCUT2D eigenvalue weighted by atomic mass is 9.77. The number of rotatable bonds is 6. The zero-order chi connectivity index (χ0) is 23.5. The summed E-state index contributed by atoms with van der Waals surface area (Å²) in [7, 11) is 6.59. The Labute approximate surface area is 200 Å². The van der Waals surface area contributed by atoms with E-state index in [0.717, 1.165) is 29.7 Å². The molecule has 0 aromatic heterocycles. The van der Waals surface area contributed by atoms with Crippen molar-refractivity contribution in [3.05, 3.63) is 64.4 Å². The van der Waals surface area contributed by atoms with Gasteiger partial charge in [0.05, 0.1) is 34.5 Å². The predicted molar refractivity (Wildman–Crippen MR) is 134 cm³/mol. The first-order chi connectivity index (χ1) is 16.0. The average molecular weight is 467 g/mol. The number of hydrogen-bond acceptors (Lipinski definition) is 5. The molecule has 6 nitrogen and oxygen atoms in total. The van der Waals surface area contributed by atoms with E-state index in [1.54, 1.807) is 28.4 Å². The predicted octanol–water partition coefficient (Wildman–Crippen LogP) is 5.01. The molecule has 0 fully saturated rings. The Morgan fingerprint density at radius 1 is 0.879 bits per heavy atom. The van der Waals surface area contributed by atoms with Crippen molar-refractivity contribution in [2.24, 2.45) is 5.92 Å². The molecule has 7 heteroatoms. The number of benzene rings is 2. The number of ether oxygens (including phenoxy) is 4. The van der Waals surface area contributed by atoms with Crippen molar-refractivity contribution in [1.29, 1.82) is 0 Å². The van der Waals surface area contributed by atoms with Gasteiger partial charge in [0.25, 0.3) is 0 Å². The van der Waals surface area contributed by atoms with E-state index in [0.29, 0.717) is 34.0 Å². The van der Waals surface area contributed by atoms with Gasteiger partial charge in [-0.2, -0.15) is 0 Å². The highest BCUT2D eigenvalue weighted by atomic mass is 32.1. The minimum absolute atomic E-state index is 0.0438. The number of nitrogens with one attached hydrogen (secondary N) is 2. The standard InChI is InChI=1S/C26H30N2O4S/c1-15-6-8-17(12-16-7-10-19(29-2)21(13-16)31-4)24-23(15)25(28-26(33)27-24)18-9-11-20(30-3)22(14-18)32-5/h7,9-15,25H,6,8H2,1-5H3,(H2,27,28,33)/b17-12+. The second kappa shape index (κ2) is 9.75. The van der Waals surface area contributed by atoms with Gasteiger partial charge < -0.3 is 29.6 Å². The van der Waals surface area contributed by atoms with Crippen LogP contribution in [0.25, 0.3) is 6.08 Å². The Kier molecular flexibility index (Phi) is 6.79. The molecule has 2 aliphatic rings. The highest BCUT2D eigenvalue weighted by Gasteiger charge is 2.34. The monoisotopic (exact) mass is 466 g/mol. The van der Waals surface area contributed by atoms with Crippen LogP contribution in [-0.2, 0) is 0 Å². The molecule has 0 bridgehead atoms. The summed E-state index contributed by atoms with van der Waals surface area (Å²) in [5.74, 6) is 3.23. The Morgan fingerprint density at radius 2 is 1.52 bits per heavy atom. The summed E-state index contributed by atoms with van der Waals surface area (Å²) in [6.07, 6.45) is 4.22. The number of hydrogen-bond donors (Lipinski definition) is 2. The maximum Gasteiger partial charge on any atom is 0.171 e. The highest BCUT2D eigenvalue weighted by molar-refractivity contribution is 7.80. The maximum absolute atomic E-state index is 5.61. The zero-order valence-electron chi connectivity index (χ0n) is 19.7. The second-order valence-corrected chi connectivity index (χ2v) is 8.61. The first kappa shape index (κ1) is 23.0. The van der Waals surface area contributed by atoms with Gasteiger partial charge in [-0.05, 0) is 83.6 Å². The second-order valence-electron chi connectivity index (χ2n) is 8.20. The van der Waals surface area contributed by atoms with E-state index in [2.05, 4.69) is 29.7 Å². The summed E-state index contributed by atoms with van der Waals surface area (Å²) in [5.41, 5.74) is 5.77. The molecule has 0 saturated heterocycles. The lowest BCUT2D eigenvalue weighted by Gasteiger charge is -2.39. The summed E-state index contributed by atoms with van der Waals surface area (Å²) in [6.45, 7) is 2.27. The Bertz CT molecular complexity index is 1130. The molecule has 0 amide bonds. The van der Waals surface area contributed by atoms with E-state index in [4.69, 9.17) is 31.2 Å². The Hall–Kier alpha value is -3.19. The van der Waals surface area contributed by atoms with E-state index >= 15 is 0 Å². The van der Waals surface area contributed by atoms with E-state index in [1.807, 2.05) is 30.3 Å². The van der Waals surface area contributed by atoms with Crippen molar-refractivity contribution in [1.82, 2.24) is 10.6 Å². The lowest BCUT2D eigenvalue weighted by molar-refractivity contribution is 0.354. The van der Waals surface area contributed by atoms with Crippen LogP contribution in [0.4, 0.5) is 0 Å². The molecule has 33 heavy (non-hydrogen) atoms. The minimum atomic E-state index is -0.0438. The first-order valence-electron chi connectivity index (χ1n) is 11.0. The Balaban J connectivity index is 1.79. The first-order valence-corrected chi connectivity index (χ1v) is 11.4. The summed E-state index contributed by atoms with van der Waals surface area (Å²) in [6, 6.07) is 11.9. The minimum Gasteiger partial charge on any atom is -0.493 e. The van der Waals surface area contributed by atoms with Crippen LogP contribution in [0.2, 0.25) is 0 Å². The van der Waals surface area contributed by atoms with Crippen LogP contribution in [0, 0.1) is 5.92 Å². The van der Waals surface area contributed by atoms with Crippen LogP contribution in [0.15, 0.2) is 53.2 Å². The molecule has 174 valence electrons. The van der Waals surface area contributed by atoms with Crippen LogP contribution < -0.4 is 29.6 Å². The Morgan fingerprint density at radius 3 is 2.18 bits per heavy atom. The van der Waals surface area contributed by atoms with E-state index < -0.39 is 0 Å². The van der Waals surface area contributed by atoms with Crippen molar-refractivity contribution in [2.45, 2.75) is 25.8 Å². The van der Waals surface area contributed by atoms with Gasteiger partial charge in [0, 0.05) is 5.70 Å². The molecule has 2 unspecified atom stereocenters. The number of allylic oxidation sites excluding steroid dienone is 1. The average Bonchev–Trinajstić information content (AvgIpc) is 2.84. The van der Waals surface area contributed by atoms with Crippen LogP contribution in [0.1, 0.15) is 36.9 Å². The van der Waals surface area contributed by atoms with Gasteiger partial charge in [0.15, 0.2) is 28.1 Å². The lowest BCUT2D eigenvalue weighted by Crippen LogP contribution is -2.46. The summed E-state index contributed by atoms with van der Waals surface area (Å²) < 4.78 is 21.8. The van der Waals surface area contributed by atoms with Gasteiger partial charge in [-0.15, -0.1) is 0 Å². The van der Waals surface area contributed by atoms with Crippen molar-refractivity contribution in [3.63, 3.8) is 0 Å². The summed E-state index contributed by atoms with van der Waals surface area (Å²) in [4.78, 5) is 0. The summed E-state index contributed by atoms with van der Waals surface area (Å²) in [5, 5.41) is 7.52. The fourth-order valence-corrected chi connectivity index (χ4v) is 4.83. The molecule has 4 rings (SSSR count). The van der Waals surface area contributed by atoms with Gasteiger partial charge in [-0.3, -0.25) is 0 Å². The molecular formula is C26H30N2O4S. The topological polar surface area (TPSA) is 61.0 Å². The van der Waals surface area contributed by atoms with E-state index in [1.165, 1.54) is 11.1 Å². The number of thiocarbonyl (C=S) groups is 1. The quantitative estimate of drug-likeness (QED) is 0.581. The van der Waals surface area contributed by atoms with Crippen LogP contribution in [0.5, 0.6) is 23.0 Å². The molecule has 2 aromatic rings. The van der Waals surface area contributed by atoms with Crippen LogP contribution in [-0.4, -0.2) is 33.6 Å². The van der Waals surface area contributed by atoms with Gasteiger partial charge >= 0.3 is 0 Å². The summed E-state index contributed by atoms with van der Waals surface area (Å²) >= 11 is 5.61. The van der Waals surface area contributed by atoms with Crippen molar-refractivity contribution < 1.29 is 18.9 Å². The normalized spacial score (nSPS) is 21.1. The molecule has 1 heterocycles. The fourth-order valence-electron chi connectivity index (χ4n) is 4.61. The highest BCUT2D eigenvalue weighted by Crippen LogP contribution is 2.43. The molecule has 2 atom stereocenters. The largest absolute Gasteiger partial charge is 0.493 e. The molecular weight excluding hydrogens is 436 g/mol. The third kappa shape index (κ3) is 4.50. The molecule has 1 aliphatic heterocycles. The van der Waals surface area contributed by atoms with Gasteiger partial charge in [0.1, 0.15) is 0 Å². The van der Waals surface area contributed by atoms with E-state index in [-0.39, 0.29) is 6.04 Å². The molecule has 2 aromatic carbocycles. The molecule has 1 aliphatic carbocycles. The van der Waals surface area contributed by atoms with Crippen molar-refractivity contribution >= 4 is 23.4 Å². The van der Waals surface area contributed by atoms with Gasteiger partial charge in [-0.1, -0.05) is 19.1 Å². The smallest absolute Gasteiger partial charge is 0.171 e.